The van der Waals surface area contributed by atoms with Gasteiger partial charge in [-0.05, 0) is 29.8 Å². The van der Waals surface area contributed by atoms with E-state index in [1.165, 1.54) is 4.68 Å². The van der Waals surface area contributed by atoms with Crippen molar-refractivity contribution in [2.24, 2.45) is 0 Å². The van der Waals surface area contributed by atoms with Crippen LogP contribution in [0.15, 0.2) is 60.8 Å². The zero-order valence-corrected chi connectivity index (χ0v) is 13.4. The normalized spacial score (nSPS) is 11.9. The molecule has 1 heterocycles. The first kappa shape index (κ1) is 16.2. The lowest BCUT2D eigenvalue weighted by molar-refractivity contribution is 0.0911. The van der Waals surface area contributed by atoms with E-state index in [0.29, 0.717) is 5.02 Å². The Labute approximate surface area is 143 Å². The Morgan fingerprint density at radius 1 is 1.17 bits per heavy atom. The quantitative estimate of drug-likeness (QED) is 0.746. The Morgan fingerprint density at radius 3 is 2.54 bits per heavy atom. The van der Waals surface area contributed by atoms with Gasteiger partial charge < -0.3 is 10.4 Å². The smallest absolute Gasteiger partial charge is 0.274 e. The number of benzene rings is 2. The summed E-state index contributed by atoms with van der Waals surface area (Å²) in [6.45, 7) is -0.236. The van der Waals surface area contributed by atoms with Gasteiger partial charge in [0.25, 0.3) is 5.91 Å². The van der Waals surface area contributed by atoms with E-state index in [1.54, 1.807) is 30.5 Å². The number of amides is 1. The number of nitrogens with one attached hydrogen (secondary N) is 1. The van der Waals surface area contributed by atoms with Gasteiger partial charge in [-0.25, -0.2) is 4.68 Å². The zero-order chi connectivity index (χ0) is 16.9. The number of aliphatic hydroxyl groups is 1. The molecular formula is C17H15ClN4O2. The maximum absolute atomic E-state index is 12.3. The fourth-order valence-electron chi connectivity index (χ4n) is 2.24. The highest BCUT2D eigenvalue weighted by molar-refractivity contribution is 6.30. The fourth-order valence-corrected chi connectivity index (χ4v) is 2.36. The lowest BCUT2D eigenvalue weighted by atomic mass is 10.1. The standard InChI is InChI=1S/C17H15ClN4O2/c18-13-8-6-12(7-9-13)16(11-23)19-17(24)15-10-22(21-20-15)14-4-2-1-3-5-14/h1-10,16,23H,11H2,(H,19,24). The van der Waals surface area contributed by atoms with Crippen LogP contribution in [0.5, 0.6) is 0 Å². The molecule has 7 heteroatoms. The van der Waals surface area contributed by atoms with Gasteiger partial charge in [0, 0.05) is 5.02 Å². The monoisotopic (exact) mass is 342 g/mol. The molecule has 0 aliphatic rings. The number of aromatic nitrogens is 3. The highest BCUT2D eigenvalue weighted by atomic mass is 35.5. The number of nitrogens with zero attached hydrogens (tertiary/aromatic N) is 3. The summed E-state index contributed by atoms with van der Waals surface area (Å²) in [5.41, 5.74) is 1.73. The Morgan fingerprint density at radius 2 is 1.88 bits per heavy atom. The van der Waals surface area contributed by atoms with Gasteiger partial charge in [-0.1, -0.05) is 47.1 Å². The van der Waals surface area contributed by atoms with Gasteiger partial charge in [-0.3, -0.25) is 4.79 Å². The lowest BCUT2D eigenvalue weighted by Crippen LogP contribution is -2.31. The first-order valence-electron chi connectivity index (χ1n) is 7.32. The average Bonchev–Trinajstić information content (AvgIpc) is 3.11. The van der Waals surface area contributed by atoms with Crippen molar-refractivity contribution in [3.63, 3.8) is 0 Å². The minimum Gasteiger partial charge on any atom is -0.394 e. The largest absolute Gasteiger partial charge is 0.394 e. The van der Waals surface area contributed by atoms with Gasteiger partial charge in [0.15, 0.2) is 5.69 Å². The molecular weight excluding hydrogens is 328 g/mol. The van der Waals surface area contributed by atoms with Crippen molar-refractivity contribution in [2.75, 3.05) is 6.61 Å². The number of aliphatic hydroxyl groups excluding tert-OH is 1. The molecule has 1 unspecified atom stereocenters. The van der Waals surface area contributed by atoms with Crippen molar-refractivity contribution in [3.8, 4) is 5.69 Å². The molecule has 0 aliphatic carbocycles. The third-order valence-corrected chi connectivity index (χ3v) is 3.76. The van der Waals surface area contributed by atoms with E-state index < -0.39 is 11.9 Å². The molecule has 1 amide bonds. The van der Waals surface area contributed by atoms with Crippen LogP contribution in [0.3, 0.4) is 0 Å². The maximum atomic E-state index is 12.3. The molecule has 0 saturated carbocycles. The van der Waals surface area contributed by atoms with Crippen molar-refractivity contribution in [2.45, 2.75) is 6.04 Å². The van der Waals surface area contributed by atoms with Gasteiger partial charge >= 0.3 is 0 Å². The summed E-state index contributed by atoms with van der Waals surface area (Å²) in [6, 6.07) is 15.7. The molecule has 0 fully saturated rings. The van der Waals surface area contributed by atoms with Crippen molar-refractivity contribution in [3.05, 3.63) is 77.1 Å². The van der Waals surface area contributed by atoms with Gasteiger partial charge in [-0.2, -0.15) is 0 Å². The van der Waals surface area contributed by atoms with E-state index in [9.17, 15) is 9.90 Å². The van der Waals surface area contributed by atoms with Gasteiger partial charge in [-0.15, -0.1) is 5.10 Å². The third-order valence-electron chi connectivity index (χ3n) is 3.51. The molecule has 24 heavy (non-hydrogen) atoms. The summed E-state index contributed by atoms with van der Waals surface area (Å²) in [4.78, 5) is 12.3. The van der Waals surface area contributed by atoms with Crippen molar-refractivity contribution in [1.82, 2.24) is 20.3 Å². The number of carbonyl (C=O) groups is 1. The third kappa shape index (κ3) is 3.61. The second-order valence-electron chi connectivity index (χ2n) is 5.14. The summed E-state index contributed by atoms with van der Waals surface area (Å²) >= 11 is 5.85. The van der Waals surface area contributed by atoms with Crippen LogP contribution in [0.4, 0.5) is 0 Å². The minimum absolute atomic E-state index is 0.172. The first-order chi connectivity index (χ1) is 11.7. The fraction of sp³-hybridized carbons (Fsp3) is 0.118. The van der Waals surface area contributed by atoms with Crippen LogP contribution in [0.2, 0.25) is 5.02 Å². The Kier molecular flexibility index (Phi) is 4.88. The predicted octanol–water partition coefficient (Wildman–Crippen LogP) is 2.38. The molecule has 3 aromatic rings. The summed E-state index contributed by atoms with van der Waals surface area (Å²) in [7, 11) is 0. The van der Waals surface area contributed by atoms with Crippen molar-refractivity contribution < 1.29 is 9.90 Å². The molecule has 2 N–H and O–H groups in total. The summed E-state index contributed by atoms with van der Waals surface area (Å²) in [5.74, 6) is -0.411. The molecule has 1 atom stereocenters. The van der Waals surface area contributed by atoms with E-state index in [1.807, 2.05) is 30.3 Å². The maximum Gasteiger partial charge on any atom is 0.274 e. The molecule has 0 radical (unpaired) electrons. The molecule has 122 valence electrons. The molecule has 0 aliphatic heterocycles. The number of carbonyl (C=O) groups excluding carboxylic acids is 1. The topological polar surface area (TPSA) is 80.0 Å². The van der Waals surface area contributed by atoms with Crippen molar-refractivity contribution >= 4 is 17.5 Å². The number of hydrogen-bond acceptors (Lipinski definition) is 4. The van der Waals surface area contributed by atoms with Crippen LogP contribution < -0.4 is 5.32 Å². The summed E-state index contributed by atoms with van der Waals surface area (Å²) < 4.78 is 1.52. The second kappa shape index (κ2) is 7.25. The van der Waals surface area contributed by atoms with Gasteiger partial charge in [0.1, 0.15) is 0 Å². The predicted molar refractivity (Wildman–Crippen MR) is 90.1 cm³/mol. The molecule has 0 spiro atoms. The van der Waals surface area contributed by atoms with E-state index in [-0.39, 0.29) is 12.3 Å². The molecule has 3 rings (SSSR count). The number of halogens is 1. The Bertz CT molecular complexity index is 818. The Balaban J connectivity index is 1.74. The summed E-state index contributed by atoms with van der Waals surface area (Å²) in [5, 5.41) is 20.7. The molecule has 2 aromatic carbocycles. The molecule has 0 bridgehead atoms. The van der Waals surface area contributed by atoms with Crippen LogP contribution in [-0.4, -0.2) is 32.6 Å². The number of rotatable bonds is 5. The van der Waals surface area contributed by atoms with Gasteiger partial charge in [0.2, 0.25) is 0 Å². The molecule has 6 nitrogen and oxygen atoms in total. The SMILES string of the molecule is O=C(NC(CO)c1ccc(Cl)cc1)c1cn(-c2ccccc2)nn1. The van der Waals surface area contributed by atoms with E-state index in [0.717, 1.165) is 11.3 Å². The zero-order valence-electron chi connectivity index (χ0n) is 12.6. The van der Waals surface area contributed by atoms with E-state index >= 15 is 0 Å². The Hall–Kier alpha value is -2.70. The van der Waals surface area contributed by atoms with E-state index in [2.05, 4.69) is 15.6 Å². The van der Waals surface area contributed by atoms with Crippen LogP contribution in [0, 0.1) is 0 Å². The minimum atomic E-state index is -0.545. The second-order valence-corrected chi connectivity index (χ2v) is 5.58. The van der Waals surface area contributed by atoms with Crippen LogP contribution >= 0.6 is 11.6 Å². The lowest BCUT2D eigenvalue weighted by Gasteiger charge is -2.15. The van der Waals surface area contributed by atoms with Crippen LogP contribution in [-0.2, 0) is 0 Å². The van der Waals surface area contributed by atoms with Crippen LogP contribution in [0.1, 0.15) is 22.1 Å². The van der Waals surface area contributed by atoms with E-state index in [4.69, 9.17) is 11.6 Å². The summed E-state index contributed by atoms with van der Waals surface area (Å²) in [6.07, 6.45) is 1.54. The molecule has 0 saturated heterocycles. The van der Waals surface area contributed by atoms with Gasteiger partial charge in [0.05, 0.1) is 24.5 Å². The number of para-hydroxylation sites is 1. The van der Waals surface area contributed by atoms with Crippen LogP contribution in [0.25, 0.3) is 5.69 Å². The molecule has 1 aromatic heterocycles. The van der Waals surface area contributed by atoms with Crippen molar-refractivity contribution in [1.29, 1.82) is 0 Å². The number of hydrogen-bond donors (Lipinski definition) is 2. The highest BCUT2D eigenvalue weighted by Gasteiger charge is 2.17. The first-order valence-corrected chi connectivity index (χ1v) is 7.70. The average molecular weight is 343 g/mol. The highest BCUT2D eigenvalue weighted by Crippen LogP contribution is 2.16.